The van der Waals surface area contributed by atoms with Gasteiger partial charge >= 0.3 is 0 Å². The Morgan fingerprint density at radius 1 is 1.26 bits per heavy atom. The Labute approximate surface area is 160 Å². The maximum Gasteiger partial charge on any atom is 0.238 e. The van der Waals surface area contributed by atoms with Crippen molar-refractivity contribution in [3.8, 4) is 5.75 Å². The molecule has 2 amide bonds. The molecule has 0 saturated carbocycles. The number of benzene rings is 2. The van der Waals surface area contributed by atoms with Gasteiger partial charge in [-0.05, 0) is 42.0 Å². The van der Waals surface area contributed by atoms with Gasteiger partial charge in [0.25, 0.3) is 0 Å². The number of hydrogen-bond acceptors (Lipinski definition) is 5. The average Bonchev–Trinajstić information content (AvgIpc) is 2.68. The predicted molar refractivity (Wildman–Crippen MR) is 103 cm³/mol. The first-order chi connectivity index (χ1) is 13.0. The van der Waals surface area contributed by atoms with E-state index >= 15 is 0 Å². The van der Waals surface area contributed by atoms with Crippen molar-refractivity contribution >= 4 is 34.4 Å². The molecule has 2 aromatic carbocycles. The van der Waals surface area contributed by atoms with Gasteiger partial charge in [0.1, 0.15) is 16.8 Å². The molecule has 0 spiro atoms. The third-order valence-corrected chi connectivity index (χ3v) is 4.96. The molecule has 2 N–H and O–H groups in total. The molecule has 0 unspecified atom stereocenters. The first kappa shape index (κ1) is 18.9. The summed E-state index contributed by atoms with van der Waals surface area (Å²) in [5.74, 6) is -0.211. The highest BCUT2D eigenvalue weighted by Gasteiger charge is 2.30. The van der Waals surface area contributed by atoms with Gasteiger partial charge in [0.2, 0.25) is 11.8 Å². The van der Waals surface area contributed by atoms with Gasteiger partial charge in [-0.25, -0.2) is 4.39 Å². The molecule has 2 aromatic rings. The molecular formula is C19H18FN3O3S. The second kappa shape index (κ2) is 8.68. The minimum atomic E-state index is -0.599. The van der Waals surface area contributed by atoms with Gasteiger partial charge in [-0.1, -0.05) is 23.9 Å². The minimum Gasteiger partial charge on any atom is -0.497 e. The third kappa shape index (κ3) is 5.30. The summed E-state index contributed by atoms with van der Waals surface area (Å²) in [4.78, 5) is 28.7. The number of aliphatic imine (C=N–C) groups is 1. The number of nitrogens with zero attached hydrogens (tertiary/aromatic N) is 1. The van der Waals surface area contributed by atoms with Crippen LogP contribution < -0.4 is 15.4 Å². The molecule has 3 rings (SSSR count). The molecule has 1 saturated heterocycles. The van der Waals surface area contributed by atoms with Gasteiger partial charge < -0.3 is 15.4 Å². The van der Waals surface area contributed by atoms with Gasteiger partial charge in [0.15, 0.2) is 5.17 Å². The number of carbonyl (C=O) groups is 2. The number of amides is 2. The van der Waals surface area contributed by atoms with E-state index in [0.717, 1.165) is 11.3 Å². The lowest BCUT2D eigenvalue weighted by Gasteiger charge is -2.22. The van der Waals surface area contributed by atoms with Gasteiger partial charge in [-0.15, -0.1) is 0 Å². The fraction of sp³-hybridized carbons (Fsp3) is 0.211. The smallest absolute Gasteiger partial charge is 0.238 e. The molecule has 8 heteroatoms. The van der Waals surface area contributed by atoms with E-state index in [4.69, 9.17) is 4.74 Å². The van der Waals surface area contributed by atoms with Crippen LogP contribution in [0.5, 0.6) is 5.75 Å². The zero-order chi connectivity index (χ0) is 19.2. The van der Waals surface area contributed by atoms with Crippen LogP contribution in [0.1, 0.15) is 12.0 Å². The molecule has 1 aliphatic rings. The first-order valence-corrected chi connectivity index (χ1v) is 9.12. The maximum atomic E-state index is 13.0. The van der Waals surface area contributed by atoms with Crippen LogP contribution >= 0.6 is 11.8 Å². The number of thioether (sulfide) groups is 1. The Morgan fingerprint density at radius 2 is 1.96 bits per heavy atom. The molecule has 1 heterocycles. The van der Waals surface area contributed by atoms with Gasteiger partial charge in [0.05, 0.1) is 13.7 Å². The monoisotopic (exact) mass is 387 g/mol. The van der Waals surface area contributed by atoms with Gasteiger partial charge in [-0.3, -0.25) is 14.6 Å². The molecule has 0 bridgehead atoms. The fourth-order valence-electron chi connectivity index (χ4n) is 2.42. The third-order valence-electron chi connectivity index (χ3n) is 3.84. The average molecular weight is 387 g/mol. The van der Waals surface area contributed by atoms with Crippen molar-refractivity contribution in [3.05, 3.63) is 59.9 Å². The van der Waals surface area contributed by atoms with Crippen molar-refractivity contribution in [2.45, 2.75) is 18.2 Å². The normalized spacial score (nSPS) is 18.1. The second-order valence-electron chi connectivity index (χ2n) is 5.82. The molecule has 6 nitrogen and oxygen atoms in total. The number of hydrogen-bond donors (Lipinski definition) is 2. The largest absolute Gasteiger partial charge is 0.497 e. The van der Waals surface area contributed by atoms with E-state index in [1.54, 1.807) is 7.11 Å². The van der Waals surface area contributed by atoms with E-state index in [1.165, 1.54) is 36.0 Å². The van der Waals surface area contributed by atoms with Crippen LogP contribution in [0, 0.1) is 5.82 Å². The van der Waals surface area contributed by atoms with Crippen LogP contribution in [0.3, 0.4) is 0 Å². The van der Waals surface area contributed by atoms with E-state index in [9.17, 15) is 14.0 Å². The lowest BCUT2D eigenvalue weighted by molar-refractivity contribution is -0.123. The Hall–Kier alpha value is -2.87. The van der Waals surface area contributed by atoms with E-state index in [1.807, 2.05) is 24.3 Å². The van der Waals surface area contributed by atoms with E-state index in [2.05, 4.69) is 15.6 Å². The summed E-state index contributed by atoms with van der Waals surface area (Å²) in [6.07, 6.45) is 0.0548. The van der Waals surface area contributed by atoms with Crippen LogP contribution in [-0.2, 0) is 16.1 Å². The zero-order valence-corrected chi connectivity index (χ0v) is 15.4. The molecule has 0 aromatic heterocycles. The summed E-state index contributed by atoms with van der Waals surface area (Å²) >= 11 is 1.20. The maximum absolute atomic E-state index is 13.0. The van der Waals surface area contributed by atoms with Crippen molar-refractivity contribution in [1.29, 1.82) is 0 Å². The van der Waals surface area contributed by atoms with Crippen molar-refractivity contribution in [2.75, 3.05) is 12.4 Å². The summed E-state index contributed by atoms with van der Waals surface area (Å²) in [5, 5.41) is 5.18. The number of amidine groups is 1. The number of carbonyl (C=O) groups excluding carboxylic acids is 2. The Bertz CT molecular complexity index is 854. The van der Waals surface area contributed by atoms with Crippen LogP contribution in [0.4, 0.5) is 10.1 Å². The summed E-state index contributed by atoms with van der Waals surface area (Å²) in [6, 6.07) is 12.9. The zero-order valence-electron chi connectivity index (χ0n) is 14.6. The topological polar surface area (TPSA) is 79.8 Å². The van der Waals surface area contributed by atoms with Crippen molar-refractivity contribution in [3.63, 3.8) is 0 Å². The molecule has 1 fully saturated rings. The number of rotatable bonds is 5. The van der Waals surface area contributed by atoms with Crippen LogP contribution in [-0.4, -0.2) is 29.3 Å². The van der Waals surface area contributed by atoms with Crippen LogP contribution in [0.2, 0.25) is 0 Å². The predicted octanol–water partition coefficient (Wildman–Crippen LogP) is 2.95. The molecule has 0 aliphatic carbocycles. The molecule has 1 atom stereocenters. The molecule has 1 aliphatic heterocycles. The summed E-state index contributed by atoms with van der Waals surface area (Å²) < 4.78 is 18.1. The standard InChI is InChI=1S/C19H18FN3O3S/c1-26-15-8-2-12(3-9-15)11-21-19-23-17(24)10-16(27-19)18(25)22-14-6-4-13(20)5-7-14/h2-9,16H,10-11H2,1H3,(H,22,25)(H,21,23,24)/t16-/m0/s1. The number of ether oxygens (including phenoxy) is 1. The minimum absolute atomic E-state index is 0.0548. The number of anilines is 1. The lowest BCUT2D eigenvalue weighted by Crippen LogP contribution is -2.42. The molecule has 27 heavy (non-hydrogen) atoms. The van der Waals surface area contributed by atoms with Crippen molar-refractivity contribution in [1.82, 2.24) is 5.32 Å². The fourth-order valence-corrected chi connectivity index (χ4v) is 3.40. The molecule has 140 valence electrons. The summed E-state index contributed by atoms with van der Waals surface area (Å²) in [5.41, 5.74) is 1.43. The summed E-state index contributed by atoms with van der Waals surface area (Å²) in [6.45, 7) is 0.374. The van der Waals surface area contributed by atoms with Crippen molar-refractivity contribution in [2.24, 2.45) is 4.99 Å². The Kier molecular flexibility index (Phi) is 6.08. The first-order valence-electron chi connectivity index (χ1n) is 8.24. The summed E-state index contributed by atoms with van der Waals surface area (Å²) in [7, 11) is 1.60. The highest BCUT2D eigenvalue weighted by molar-refractivity contribution is 8.15. The van der Waals surface area contributed by atoms with Gasteiger partial charge in [0, 0.05) is 12.1 Å². The Morgan fingerprint density at radius 3 is 2.63 bits per heavy atom. The van der Waals surface area contributed by atoms with Crippen molar-refractivity contribution < 1.29 is 18.7 Å². The highest BCUT2D eigenvalue weighted by Crippen LogP contribution is 2.23. The molecular weight excluding hydrogens is 369 g/mol. The van der Waals surface area contributed by atoms with Crippen LogP contribution in [0.15, 0.2) is 53.5 Å². The lowest BCUT2D eigenvalue weighted by atomic mass is 10.2. The van der Waals surface area contributed by atoms with Gasteiger partial charge in [-0.2, -0.15) is 0 Å². The SMILES string of the molecule is COc1ccc(CN=C2NC(=O)C[C@@H](C(=O)Nc3ccc(F)cc3)S2)cc1. The molecule has 0 radical (unpaired) electrons. The van der Waals surface area contributed by atoms with E-state index in [-0.39, 0.29) is 24.1 Å². The number of methoxy groups -OCH3 is 1. The van der Waals surface area contributed by atoms with Crippen LogP contribution in [0.25, 0.3) is 0 Å². The number of halogens is 1. The van der Waals surface area contributed by atoms with E-state index in [0.29, 0.717) is 17.4 Å². The Balaban J connectivity index is 1.63. The quantitative estimate of drug-likeness (QED) is 0.827. The number of nitrogens with one attached hydrogen (secondary N) is 2. The highest BCUT2D eigenvalue weighted by atomic mass is 32.2. The van der Waals surface area contributed by atoms with E-state index < -0.39 is 5.25 Å². The second-order valence-corrected chi connectivity index (χ2v) is 7.02.